The van der Waals surface area contributed by atoms with Gasteiger partial charge in [-0.15, -0.1) is 0 Å². The average Bonchev–Trinajstić information content (AvgIpc) is 2.25. The van der Waals surface area contributed by atoms with E-state index in [2.05, 4.69) is 0 Å². The van der Waals surface area contributed by atoms with Crippen molar-refractivity contribution in [2.75, 3.05) is 0 Å². The molecule has 0 fully saturated rings. The summed E-state index contributed by atoms with van der Waals surface area (Å²) >= 11 is 1.33. The number of hydrogen-bond donors (Lipinski definition) is 0. The van der Waals surface area contributed by atoms with Gasteiger partial charge in [0.2, 0.25) is 0 Å². The zero-order chi connectivity index (χ0) is 17.3. The molecule has 21 heavy (non-hydrogen) atoms. The summed E-state index contributed by atoms with van der Waals surface area (Å²) in [7, 11) is 0. The number of alkyl halides is 10. The van der Waals surface area contributed by atoms with Gasteiger partial charge < -0.3 is 0 Å². The van der Waals surface area contributed by atoms with Crippen molar-refractivity contribution in [2.45, 2.75) is 66.9 Å². The fourth-order valence-corrected chi connectivity index (χ4v) is 2.95. The summed E-state index contributed by atoms with van der Waals surface area (Å²) in [5.74, 6) is -6.52. The van der Waals surface area contributed by atoms with Crippen LogP contribution < -0.4 is 0 Å². The molecule has 0 aromatic rings. The molecule has 0 saturated carbocycles. The third-order valence-electron chi connectivity index (χ3n) is 3.20. The highest BCUT2D eigenvalue weighted by atomic mass is 127. The van der Waals surface area contributed by atoms with Crippen LogP contribution >= 0.6 is 22.6 Å². The highest BCUT2D eigenvalue weighted by molar-refractivity contribution is 14.1. The van der Waals surface area contributed by atoms with E-state index in [9.17, 15) is 39.5 Å². The summed E-state index contributed by atoms with van der Waals surface area (Å²) in [6, 6.07) is 0. The molecule has 0 rings (SSSR count). The van der Waals surface area contributed by atoms with Gasteiger partial charge in [0.1, 0.15) is 0 Å². The van der Waals surface area contributed by atoms with E-state index in [1.54, 1.807) is 0 Å². The third kappa shape index (κ3) is 4.10. The first-order chi connectivity index (χ1) is 9.08. The van der Waals surface area contributed by atoms with Gasteiger partial charge in [-0.05, 0) is 12.8 Å². The lowest BCUT2D eigenvalue weighted by Gasteiger charge is -2.40. The maximum atomic E-state index is 14.0. The molecule has 0 aliphatic carbocycles. The minimum atomic E-state index is -6.63. The highest BCUT2D eigenvalue weighted by Crippen LogP contribution is 2.57. The molecular weight excluding hydrogens is 430 g/mol. The molecule has 2 atom stereocenters. The fourth-order valence-electron chi connectivity index (χ4n) is 1.89. The van der Waals surface area contributed by atoms with Crippen LogP contribution in [0.1, 0.15) is 39.5 Å². The largest absolute Gasteiger partial charge is 0.457 e. The number of rotatable bonds is 6. The van der Waals surface area contributed by atoms with Crippen LogP contribution in [0.15, 0.2) is 0 Å². The van der Waals surface area contributed by atoms with E-state index in [4.69, 9.17) is 0 Å². The second-order valence-electron chi connectivity index (χ2n) is 4.80. The third-order valence-corrected chi connectivity index (χ3v) is 4.88. The molecule has 128 valence electrons. The Bertz CT molecular complexity index is 349. The van der Waals surface area contributed by atoms with E-state index in [0.29, 0.717) is 0 Å². The topological polar surface area (TPSA) is 0 Å². The van der Waals surface area contributed by atoms with E-state index in [0.717, 1.165) is 0 Å². The van der Waals surface area contributed by atoms with Crippen molar-refractivity contribution in [3.63, 3.8) is 0 Å². The van der Waals surface area contributed by atoms with Crippen LogP contribution in [0.5, 0.6) is 0 Å². The molecule has 0 radical (unpaired) electrons. The van der Waals surface area contributed by atoms with Crippen molar-refractivity contribution in [2.24, 2.45) is 0 Å². The van der Waals surface area contributed by atoms with E-state index in [1.807, 2.05) is 0 Å². The molecule has 10 heteroatoms. The molecule has 0 N–H and O–H groups in total. The molecule has 0 spiro atoms. The van der Waals surface area contributed by atoms with Gasteiger partial charge in [-0.2, -0.15) is 35.1 Å². The minimum Gasteiger partial charge on any atom is -0.227 e. The standard InChI is InChI=1S/C11H14F9I/c1-3-5-7(21,4-2)6-8(12,10(15,16)17)9(13,14)11(18,19)20/h3-6H2,1-2H3. The molecule has 2 unspecified atom stereocenters. The second kappa shape index (κ2) is 6.31. The van der Waals surface area contributed by atoms with Gasteiger partial charge in [-0.25, -0.2) is 4.39 Å². The van der Waals surface area contributed by atoms with Crippen molar-refractivity contribution in [3.8, 4) is 0 Å². The molecular formula is C11H14F9I. The summed E-state index contributed by atoms with van der Waals surface area (Å²) in [6.45, 7) is 2.82. The van der Waals surface area contributed by atoms with Crippen LogP contribution in [0.2, 0.25) is 0 Å². The van der Waals surface area contributed by atoms with Crippen LogP contribution in [0.25, 0.3) is 0 Å². The predicted octanol–water partition coefficient (Wildman–Crippen LogP) is 6.23. The van der Waals surface area contributed by atoms with Crippen LogP contribution in [0.3, 0.4) is 0 Å². The van der Waals surface area contributed by atoms with Crippen LogP contribution in [-0.4, -0.2) is 27.4 Å². The normalized spacial score (nSPS) is 20.0. The van der Waals surface area contributed by atoms with Crippen LogP contribution in [0.4, 0.5) is 39.5 Å². The summed E-state index contributed by atoms with van der Waals surface area (Å²) in [6.07, 6.45) is -15.0. The zero-order valence-corrected chi connectivity index (χ0v) is 13.3. The van der Waals surface area contributed by atoms with Gasteiger partial charge in [0.05, 0.1) is 0 Å². The highest BCUT2D eigenvalue weighted by Gasteiger charge is 2.81. The zero-order valence-electron chi connectivity index (χ0n) is 11.1. The van der Waals surface area contributed by atoms with E-state index in [1.165, 1.54) is 36.4 Å². The molecule has 0 bridgehead atoms. The summed E-state index contributed by atoms with van der Waals surface area (Å²) < 4.78 is 113. The SMILES string of the molecule is CCCC(I)(CC)CC(F)(C(F)(F)F)C(F)(F)C(F)(F)F. The van der Waals surface area contributed by atoms with Gasteiger partial charge >= 0.3 is 18.3 Å². The molecule has 0 nitrogen and oxygen atoms in total. The van der Waals surface area contributed by atoms with Crippen molar-refractivity contribution in [3.05, 3.63) is 0 Å². The lowest BCUT2D eigenvalue weighted by Crippen LogP contribution is -2.64. The van der Waals surface area contributed by atoms with Gasteiger partial charge in [0, 0.05) is 9.84 Å². The molecule has 0 heterocycles. The van der Waals surface area contributed by atoms with Gasteiger partial charge in [-0.3, -0.25) is 0 Å². The van der Waals surface area contributed by atoms with Crippen molar-refractivity contribution in [1.82, 2.24) is 0 Å². The maximum absolute atomic E-state index is 14.0. The summed E-state index contributed by atoms with van der Waals surface area (Å²) in [5, 5.41) is 0. The van der Waals surface area contributed by atoms with Crippen LogP contribution in [-0.2, 0) is 0 Å². The maximum Gasteiger partial charge on any atom is 0.457 e. The lowest BCUT2D eigenvalue weighted by molar-refractivity contribution is -0.385. The Morgan fingerprint density at radius 2 is 1.19 bits per heavy atom. The Labute approximate surface area is 129 Å². The van der Waals surface area contributed by atoms with Gasteiger partial charge in [0.25, 0.3) is 5.67 Å². The molecule has 0 aromatic heterocycles. The first kappa shape index (κ1) is 21.1. The van der Waals surface area contributed by atoms with Crippen LogP contribution in [0, 0.1) is 0 Å². The number of halogens is 10. The van der Waals surface area contributed by atoms with Crippen molar-refractivity contribution >= 4 is 22.6 Å². The summed E-state index contributed by atoms with van der Waals surface area (Å²) in [5.41, 5.74) is -5.66. The Kier molecular flexibility index (Phi) is 6.34. The molecule has 0 aromatic carbocycles. The van der Waals surface area contributed by atoms with Crippen molar-refractivity contribution < 1.29 is 39.5 Å². The predicted molar refractivity (Wildman–Crippen MR) is 67.5 cm³/mol. The first-order valence-electron chi connectivity index (χ1n) is 5.97. The fraction of sp³-hybridized carbons (Fsp3) is 1.00. The average molecular weight is 444 g/mol. The monoisotopic (exact) mass is 444 g/mol. The molecule has 0 saturated heterocycles. The van der Waals surface area contributed by atoms with E-state index in [-0.39, 0.29) is 19.3 Å². The Morgan fingerprint density at radius 3 is 1.43 bits per heavy atom. The molecule has 0 aliphatic heterocycles. The van der Waals surface area contributed by atoms with E-state index < -0.39 is 33.8 Å². The smallest absolute Gasteiger partial charge is 0.227 e. The number of hydrogen-bond acceptors (Lipinski definition) is 0. The summed E-state index contributed by atoms with van der Waals surface area (Å²) in [4.78, 5) is 0. The second-order valence-corrected chi connectivity index (χ2v) is 7.09. The Morgan fingerprint density at radius 1 is 0.762 bits per heavy atom. The van der Waals surface area contributed by atoms with Crippen molar-refractivity contribution in [1.29, 1.82) is 0 Å². The lowest BCUT2D eigenvalue weighted by atomic mass is 9.82. The molecule has 0 aliphatic rings. The van der Waals surface area contributed by atoms with E-state index >= 15 is 0 Å². The molecule has 0 amide bonds. The quantitative estimate of drug-likeness (QED) is 0.259. The minimum absolute atomic E-state index is 0.111. The van der Waals surface area contributed by atoms with Gasteiger partial charge in [0.15, 0.2) is 0 Å². The Hall–Kier alpha value is 0.1000. The Balaban J connectivity index is 5.92. The van der Waals surface area contributed by atoms with Gasteiger partial charge in [-0.1, -0.05) is 42.9 Å². The first-order valence-corrected chi connectivity index (χ1v) is 7.05.